The van der Waals surface area contributed by atoms with Crippen LogP contribution in [-0.4, -0.2) is 11.1 Å². The van der Waals surface area contributed by atoms with Crippen LogP contribution < -0.4 is 0 Å². The Morgan fingerprint density at radius 2 is 1.58 bits per heavy atom. The van der Waals surface area contributed by atoms with E-state index in [-0.39, 0.29) is 0 Å². The second-order valence-corrected chi connectivity index (χ2v) is 7.01. The molecule has 1 aromatic rings. The molecule has 0 heterocycles. The summed E-state index contributed by atoms with van der Waals surface area (Å²) in [6.07, 6.45) is 15.7. The lowest BCUT2D eigenvalue weighted by atomic mass is 9.90. The summed E-state index contributed by atoms with van der Waals surface area (Å²) in [5, 5.41) is 8.84. The van der Waals surface area contributed by atoms with E-state index >= 15 is 0 Å². The molecule has 1 N–H and O–H groups in total. The Labute approximate surface area is 154 Å². The number of hydrogen-bond donors (Lipinski definition) is 1. The molecule has 0 spiro atoms. The van der Waals surface area contributed by atoms with Crippen molar-refractivity contribution >= 4 is 11.5 Å². The van der Waals surface area contributed by atoms with Crippen molar-refractivity contribution in [2.24, 2.45) is 0 Å². The number of carbonyl (C=O) groups is 1. The summed E-state index contributed by atoms with van der Waals surface area (Å²) in [6.45, 7) is 2.22. The second-order valence-electron chi connectivity index (χ2n) is 7.01. The number of halogens is 2. The lowest BCUT2D eigenvalue weighted by Gasteiger charge is -2.16. The number of carboxylic acid groups (broad SMARTS) is 1. The van der Waals surface area contributed by atoms with E-state index in [0.29, 0.717) is 5.56 Å². The number of unbranched alkanes of at least 4 members (excludes halogenated alkanes) is 6. The molecule has 0 saturated carbocycles. The number of aromatic carboxylic acids is 1. The summed E-state index contributed by atoms with van der Waals surface area (Å²) in [5.74, 6) is -3.63. The molecule has 0 atom stereocenters. The largest absolute Gasteiger partial charge is 0.477 e. The van der Waals surface area contributed by atoms with Crippen LogP contribution in [0.25, 0.3) is 5.57 Å². The third-order valence-corrected chi connectivity index (χ3v) is 4.96. The highest BCUT2D eigenvalue weighted by molar-refractivity contribution is 5.89. The third-order valence-electron chi connectivity index (χ3n) is 4.96. The average Bonchev–Trinajstić information content (AvgIpc) is 2.60. The Balaban J connectivity index is 1.89. The van der Waals surface area contributed by atoms with Crippen molar-refractivity contribution in [3.05, 3.63) is 52.6 Å². The lowest BCUT2D eigenvalue weighted by molar-refractivity contribution is 0.0686. The predicted molar refractivity (Wildman–Crippen MR) is 101 cm³/mol. The molecular weight excluding hydrogens is 334 g/mol. The van der Waals surface area contributed by atoms with E-state index in [4.69, 9.17) is 5.11 Å². The van der Waals surface area contributed by atoms with Gasteiger partial charge in [0.05, 0.1) is 0 Å². The van der Waals surface area contributed by atoms with Gasteiger partial charge in [-0.3, -0.25) is 0 Å². The van der Waals surface area contributed by atoms with E-state index in [0.717, 1.165) is 37.0 Å². The number of hydrogen-bond acceptors (Lipinski definition) is 1. The molecule has 0 aliphatic heterocycles. The molecule has 0 aromatic heterocycles. The first kappa shape index (κ1) is 20.3. The van der Waals surface area contributed by atoms with Crippen LogP contribution in [0.4, 0.5) is 8.78 Å². The van der Waals surface area contributed by atoms with E-state index in [2.05, 4.69) is 13.0 Å². The maximum Gasteiger partial charge on any atom is 0.341 e. The van der Waals surface area contributed by atoms with Gasteiger partial charge in [0, 0.05) is 0 Å². The maximum absolute atomic E-state index is 13.8. The molecule has 1 aliphatic rings. The lowest BCUT2D eigenvalue weighted by Crippen LogP contribution is -2.06. The first-order valence-corrected chi connectivity index (χ1v) is 9.64. The highest BCUT2D eigenvalue weighted by Crippen LogP contribution is 2.30. The van der Waals surface area contributed by atoms with Crippen LogP contribution in [0.3, 0.4) is 0 Å². The van der Waals surface area contributed by atoms with E-state index in [1.54, 1.807) is 0 Å². The topological polar surface area (TPSA) is 37.3 Å². The zero-order chi connectivity index (χ0) is 18.9. The van der Waals surface area contributed by atoms with Crippen molar-refractivity contribution in [3.63, 3.8) is 0 Å². The van der Waals surface area contributed by atoms with Crippen LogP contribution in [0, 0.1) is 11.6 Å². The van der Waals surface area contributed by atoms with Gasteiger partial charge in [0.25, 0.3) is 0 Å². The Morgan fingerprint density at radius 3 is 2.12 bits per heavy atom. The van der Waals surface area contributed by atoms with E-state index in [9.17, 15) is 13.6 Å². The van der Waals surface area contributed by atoms with Crippen LogP contribution >= 0.6 is 0 Å². The summed E-state index contributed by atoms with van der Waals surface area (Å²) in [5.41, 5.74) is 1.77. The van der Waals surface area contributed by atoms with Gasteiger partial charge in [-0.25, -0.2) is 13.6 Å². The minimum Gasteiger partial charge on any atom is -0.477 e. The summed E-state index contributed by atoms with van der Waals surface area (Å²) in [4.78, 5) is 10.9. The van der Waals surface area contributed by atoms with Gasteiger partial charge in [0.1, 0.15) is 17.2 Å². The standard InChI is InChI=1S/C22H28F2O2/c1-2-3-4-5-6-7-8-9-16-10-12-17(13-11-16)18-14-19(23)21(22(25)26)20(24)15-18/h10,12,14-15H,2-9,11,13H2,1H3,(H,25,26). The van der Waals surface area contributed by atoms with Crippen molar-refractivity contribution in [1.29, 1.82) is 0 Å². The third kappa shape index (κ3) is 5.79. The molecule has 26 heavy (non-hydrogen) atoms. The molecule has 0 radical (unpaired) electrons. The summed E-state index contributed by atoms with van der Waals surface area (Å²) in [7, 11) is 0. The normalized spacial score (nSPS) is 14.1. The fourth-order valence-corrected chi connectivity index (χ4v) is 3.40. The average molecular weight is 362 g/mol. The molecule has 142 valence electrons. The number of allylic oxidation sites excluding steroid dienone is 4. The van der Waals surface area contributed by atoms with Gasteiger partial charge in [-0.2, -0.15) is 0 Å². The van der Waals surface area contributed by atoms with Gasteiger partial charge < -0.3 is 5.11 Å². The van der Waals surface area contributed by atoms with Gasteiger partial charge >= 0.3 is 5.97 Å². The minimum absolute atomic E-state index is 0.427. The van der Waals surface area contributed by atoms with Crippen molar-refractivity contribution < 1.29 is 18.7 Å². The highest BCUT2D eigenvalue weighted by atomic mass is 19.1. The molecule has 1 aromatic carbocycles. The van der Waals surface area contributed by atoms with Gasteiger partial charge in [-0.1, -0.05) is 63.2 Å². The fraction of sp³-hybridized carbons (Fsp3) is 0.500. The fourth-order valence-electron chi connectivity index (χ4n) is 3.40. The van der Waals surface area contributed by atoms with Crippen molar-refractivity contribution in [1.82, 2.24) is 0 Å². The Morgan fingerprint density at radius 1 is 0.962 bits per heavy atom. The van der Waals surface area contributed by atoms with Crippen molar-refractivity contribution in [3.8, 4) is 0 Å². The number of rotatable bonds is 10. The zero-order valence-corrected chi connectivity index (χ0v) is 15.5. The Bertz CT molecular complexity index is 666. The van der Waals surface area contributed by atoms with Gasteiger partial charge in [-0.05, 0) is 49.0 Å². The van der Waals surface area contributed by atoms with Crippen LogP contribution in [0.1, 0.15) is 87.1 Å². The first-order chi connectivity index (χ1) is 12.5. The van der Waals surface area contributed by atoms with Crippen molar-refractivity contribution in [2.45, 2.75) is 71.1 Å². The Hall–Kier alpha value is -1.97. The Kier molecular flexibility index (Phi) is 8.02. The van der Waals surface area contributed by atoms with E-state index in [1.165, 1.54) is 50.5 Å². The molecule has 0 fully saturated rings. The van der Waals surface area contributed by atoms with Crippen LogP contribution in [-0.2, 0) is 0 Å². The van der Waals surface area contributed by atoms with E-state index in [1.807, 2.05) is 6.08 Å². The number of benzene rings is 1. The van der Waals surface area contributed by atoms with Gasteiger partial charge in [0.2, 0.25) is 0 Å². The molecule has 1 aliphatic carbocycles. The van der Waals surface area contributed by atoms with Gasteiger partial charge in [0.15, 0.2) is 0 Å². The summed E-state index contributed by atoms with van der Waals surface area (Å²) < 4.78 is 27.7. The van der Waals surface area contributed by atoms with E-state index < -0.39 is 23.2 Å². The SMILES string of the molecule is CCCCCCCCCC1=CC=C(c2cc(F)c(C(=O)O)c(F)c2)CC1. The summed E-state index contributed by atoms with van der Waals surface area (Å²) in [6, 6.07) is 2.24. The maximum atomic E-state index is 13.8. The van der Waals surface area contributed by atoms with Crippen LogP contribution in [0.15, 0.2) is 29.9 Å². The van der Waals surface area contributed by atoms with Crippen molar-refractivity contribution in [2.75, 3.05) is 0 Å². The quantitative estimate of drug-likeness (QED) is 0.459. The van der Waals surface area contributed by atoms with Gasteiger partial charge in [-0.15, -0.1) is 0 Å². The number of carboxylic acids is 1. The monoisotopic (exact) mass is 362 g/mol. The molecule has 0 bridgehead atoms. The molecule has 2 rings (SSSR count). The van der Waals surface area contributed by atoms with Crippen LogP contribution in [0.2, 0.25) is 0 Å². The zero-order valence-electron chi connectivity index (χ0n) is 15.5. The molecule has 2 nitrogen and oxygen atoms in total. The summed E-state index contributed by atoms with van der Waals surface area (Å²) >= 11 is 0. The molecular formula is C22H28F2O2. The molecule has 0 amide bonds. The second kappa shape index (κ2) is 10.2. The smallest absolute Gasteiger partial charge is 0.341 e. The van der Waals surface area contributed by atoms with Crippen LogP contribution in [0.5, 0.6) is 0 Å². The highest BCUT2D eigenvalue weighted by Gasteiger charge is 2.19. The molecule has 0 saturated heterocycles. The first-order valence-electron chi connectivity index (χ1n) is 9.64. The predicted octanol–water partition coefficient (Wildman–Crippen LogP) is 6.91. The minimum atomic E-state index is -1.58. The molecule has 0 unspecified atom stereocenters. The molecule has 4 heteroatoms.